The molecule has 0 saturated heterocycles. The second-order valence-electron chi connectivity index (χ2n) is 4.25. The van der Waals surface area contributed by atoms with Gasteiger partial charge in [0.15, 0.2) is 0 Å². The van der Waals surface area contributed by atoms with Gasteiger partial charge in [-0.05, 0) is 32.4 Å². The zero-order valence-electron chi connectivity index (χ0n) is 10.4. The molecule has 1 aromatic heterocycles. The molecule has 0 amide bonds. The third-order valence-corrected chi connectivity index (χ3v) is 3.60. The second kappa shape index (κ2) is 6.14. The molecule has 0 aliphatic rings. The van der Waals surface area contributed by atoms with E-state index in [9.17, 15) is 9.90 Å². The van der Waals surface area contributed by atoms with Gasteiger partial charge in [0, 0.05) is 22.3 Å². The van der Waals surface area contributed by atoms with Gasteiger partial charge in [0.2, 0.25) is 0 Å². The van der Waals surface area contributed by atoms with E-state index >= 15 is 0 Å². The van der Waals surface area contributed by atoms with Crippen LogP contribution in [0.2, 0.25) is 0 Å². The Morgan fingerprint density at radius 3 is 2.65 bits per heavy atom. The van der Waals surface area contributed by atoms with Gasteiger partial charge in [-0.25, -0.2) is 0 Å². The van der Waals surface area contributed by atoms with Crippen LogP contribution in [0.1, 0.15) is 34.7 Å². The summed E-state index contributed by atoms with van der Waals surface area (Å²) in [6.45, 7) is 6.44. The maximum absolute atomic E-state index is 10.4. The Morgan fingerprint density at radius 2 is 2.18 bits per heavy atom. The molecule has 1 heterocycles. The van der Waals surface area contributed by atoms with Crippen LogP contribution in [0.4, 0.5) is 0 Å². The maximum Gasteiger partial charge on any atom is 0.306 e. The number of aliphatic carboxylic acids is 1. The Balaban J connectivity index is 2.47. The number of carboxylic acid groups (broad SMARTS) is 1. The van der Waals surface area contributed by atoms with Gasteiger partial charge in [-0.15, -0.1) is 11.3 Å². The summed E-state index contributed by atoms with van der Waals surface area (Å²) in [7, 11) is 0. The molecule has 0 bridgehead atoms. The van der Waals surface area contributed by atoms with Gasteiger partial charge in [-0.3, -0.25) is 4.79 Å². The van der Waals surface area contributed by atoms with Crippen molar-refractivity contribution in [3.05, 3.63) is 21.4 Å². The van der Waals surface area contributed by atoms with Gasteiger partial charge in [-0.1, -0.05) is 0 Å². The van der Waals surface area contributed by atoms with Crippen LogP contribution in [0.15, 0.2) is 6.07 Å². The van der Waals surface area contributed by atoms with Crippen LogP contribution in [0.25, 0.3) is 0 Å². The number of aliphatic hydroxyl groups excluding tert-OH is 1. The van der Waals surface area contributed by atoms with Crippen molar-refractivity contribution in [2.45, 2.75) is 39.3 Å². The SMILES string of the molecule is Cc1cc(C(C)NCC(O)CC(=O)O)c(C)s1. The Labute approximate surface area is 105 Å². The third-order valence-electron chi connectivity index (χ3n) is 2.62. The summed E-state index contributed by atoms with van der Waals surface area (Å²) in [4.78, 5) is 12.9. The molecule has 2 atom stereocenters. The van der Waals surface area contributed by atoms with Crippen LogP contribution in [0.3, 0.4) is 0 Å². The average molecular weight is 257 g/mol. The van der Waals surface area contributed by atoms with Crippen molar-refractivity contribution in [2.24, 2.45) is 0 Å². The van der Waals surface area contributed by atoms with Crippen LogP contribution in [-0.4, -0.2) is 28.8 Å². The lowest BCUT2D eigenvalue weighted by Gasteiger charge is -2.16. The molecule has 0 radical (unpaired) electrons. The fourth-order valence-corrected chi connectivity index (χ4v) is 2.80. The second-order valence-corrected chi connectivity index (χ2v) is 5.71. The van der Waals surface area contributed by atoms with Crippen molar-refractivity contribution in [3.63, 3.8) is 0 Å². The Hall–Kier alpha value is -0.910. The summed E-state index contributed by atoms with van der Waals surface area (Å²) in [5.41, 5.74) is 1.22. The Morgan fingerprint density at radius 1 is 1.53 bits per heavy atom. The molecule has 0 spiro atoms. The molecule has 0 aliphatic carbocycles. The normalized spacial score (nSPS) is 14.6. The van der Waals surface area contributed by atoms with Crippen LogP contribution in [0.5, 0.6) is 0 Å². The van der Waals surface area contributed by atoms with E-state index in [1.807, 2.05) is 6.92 Å². The molecule has 1 aromatic rings. The van der Waals surface area contributed by atoms with Gasteiger partial charge in [0.25, 0.3) is 0 Å². The van der Waals surface area contributed by atoms with E-state index in [1.165, 1.54) is 15.3 Å². The fraction of sp³-hybridized carbons (Fsp3) is 0.583. The maximum atomic E-state index is 10.4. The largest absolute Gasteiger partial charge is 0.481 e. The summed E-state index contributed by atoms with van der Waals surface area (Å²) in [6, 6.07) is 2.25. The third kappa shape index (κ3) is 4.46. The lowest BCUT2D eigenvalue weighted by Crippen LogP contribution is -2.30. The van der Waals surface area contributed by atoms with Crippen LogP contribution in [-0.2, 0) is 4.79 Å². The quantitative estimate of drug-likeness (QED) is 0.727. The minimum atomic E-state index is -0.977. The highest BCUT2D eigenvalue weighted by molar-refractivity contribution is 7.12. The van der Waals surface area contributed by atoms with Crippen LogP contribution >= 0.6 is 11.3 Å². The van der Waals surface area contributed by atoms with E-state index in [0.29, 0.717) is 6.54 Å². The van der Waals surface area contributed by atoms with Gasteiger partial charge in [-0.2, -0.15) is 0 Å². The molecule has 2 unspecified atom stereocenters. The predicted molar refractivity (Wildman–Crippen MR) is 68.5 cm³/mol. The van der Waals surface area contributed by atoms with E-state index in [2.05, 4.69) is 25.2 Å². The molecule has 1 rings (SSSR count). The van der Waals surface area contributed by atoms with Gasteiger partial charge in [0.1, 0.15) is 0 Å². The minimum Gasteiger partial charge on any atom is -0.481 e. The number of nitrogens with one attached hydrogen (secondary N) is 1. The summed E-state index contributed by atoms with van der Waals surface area (Å²) < 4.78 is 0. The highest BCUT2D eigenvalue weighted by atomic mass is 32.1. The number of carbonyl (C=O) groups is 1. The summed E-state index contributed by atoms with van der Waals surface area (Å²) >= 11 is 1.75. The Kier molecular flexibility index (Phi) is 5.11. The zero-order chi connectivity index (χ0) is 13.0. The first kappa shape index (κ1) is 14.2. The first-order valence-electron chi connectivity index (χ1n) is 5.60. The van der Waals surface area contributed by atoms with E-state index in [4.69, 9.17) is 5.11 Å². The molecule has 17 heavy (non-hydrogen) atoms. The molecule has 3 N–H and O–H groups in total. The lowest BCUT2D eigenvalue weighted by atomic mass is 10.1. The monoisotopic (exact) mass is 257 g/mol. The average Bonchev–Trinajstić information content (AvgIpc) is 2.53. The highest BCUT2D eigenvalue weighted by Crippen LogP contribution is 2.25. The number of thiophene rings is 1. The number of aryl methyl sites for hydroxylation is 2. The van der Waals surface area contributed by atoms with Gasteiger partial charge < -0.3 is 15.5 Å². The van der Waals surface area contributed by atoms with Crippen LogP contribution in [0, 0.1) is 13.8 Å². The van der Waals surface area contributed by atoms with Crippen molar-refractivity contribution < 1.29 is 15.0 Å². The predicted octanol–water partition coefficient (Wildman–Crippen LogP) is 1.85. The van der Waals surface area contributed by atoms with Crippen molar-refractivity contribution in [1.82, 2.24) is 5.32 Å². The fourth-order valence-electron chi connectivity index (χ4n) is 1.78. The molecule has 0 saturated carbocycles. The van der Waals surface area contributed by atoms with Gasteiger partial charge >= 0.3 is 5.97 Å². The highest BCUT2D eigenvalue weighted by Gasteiger charge is 2.14. The summed E-state index contributed by atoms with van der Waals surface area (Å²) in [5, 5.41) is 21.1. The van der Waals surface area contributed by atoms with E-state index in [0.717, 1.165) is 0 Å². The smallest absolute Gasteiger partial charge is 0.306 e. The van der Waals surface area contributed by atoms with Crippen molar-refractivity contribution in [1.29, 1.82) is 0 Å². The minimum absolute atomic E-state index is 0.128. The summed E-state index contributed by atoms with van der Waals surface area (Å²) in [5.74, 6) is -0.977. The number of hydrogen-bond donors (Lipinski definition) is 3. The number of rotatable bonds is 6. The van der Waals surface area contributed by atoms with Crippen LogP contribution < -0.4 is 5.32 Å². The zero-order valence-corrected chi connectivity index (χ0v) is 11.2. The molecule has 0 aliphatic heterocycles. The standard InChI is InChI=1S/C12H19NO3S/c1-7-4-11(9(3)17-7)8(2)13-6-10(14)5-12(15)16/h4,8,10,13-14H,5-6H2,1-3H3,(H,15,16). The first-order chi connectivity index (χ1) is 7.90. The van der Waals surface area contributed by atoms with Crippen molar-refractivity contribution >= 4 is 17.3 Å². The van der Waals surface area contributed by atoms with Crippen molar-refractivity contribution in [2.75, 3.05) is 6.54 Å². The molecule has 4 nitrogen and oxygen atoms in total. The molecule has 96 valence electrons. The first-order valence-corrected chi connectivity index (χ1v) is 6.42. The number of carboxylic acids is 1. The lowest BCUT2D eigenvalue weighted by molar-refractivity contribution is -0.139. The molecular weight excluding hydrogens is 238 g/mol. The molecule has 0 aromatic carbocycles. The Bertz CT molecular complexity index is 389. The number of aliphatic hydroxyl groups is 1. The van der Waals surface area contributed by atoms with Crippen molar-refractivity contribution in [3.8, 4) is 0 Å². The van der Waals surface area contributed by atoms with Gasteiger partial charge in [0.05, 0.1) is 12.5 Å². The molecule has 0 fully saturated rings. The van der Waals surface area contributed by atoms with E-state index in [1.54, 1.807) is 11.3 Å². The van der Waals surface area contributed by atoms with E-state index in [-0.39, 0.29) is 12.5 Å². The van der Waals surface area contributed by atoms with E-state index < -0.39 is 12.1 Å². The summed E-state index contributed by atoms with van der Waals surface area (Å²) in [6.07, 6.45) is -1.06. The molecular formula is C12H19NO3S. The molecule has 5 heteroatoms. The number of hydrogen-bond acceptors (Lipinski definition) is 4. The topological polar surface area (TPSA) is 69.6 Å².